The number of ether oxygens (including phenoxy) is 3. The number of aryl methyl sites for hydroxylation is 2. The third-order valence-electron chi connectivity index (χ3n) is 12.5. The molecule has 3 aromatic heterocycles. The number of nitrogens with two attached hydrogens (primary N) is 1. The number of nitrogens with zero attached hydrogens (tertiary/aromatic N) is 7. The van der Waals surface area contributed by atoms with E-state index in [4.69, 9.17) is 30.2 Å². The van der Waals surface area contributed by atoms with E-state index in [-0.39, 0.29) is 52.9 Å². The average molecular weight is 1100 g/mol. The maximum Gasteiger partial charge on any atom is 0.338 e. The zero-order valence-corrected chi connectivity index (χ0v) is 44.8. The maximum atomic E-state index is 12.4. The van der Waals surface area contributed by atoms with Crippen molar-refractivity contribution in [1.82, 2.24) is 33.5 Å². The van der Waals surface area contributed by atoms with E-state index in [0.29, 0.717) is 71.4 Å². The Morgan fingerprint density at radius 3 is 1.87 bits per heavy atom. The van der Waals surface area contributed by atoms with Crippen LogP contribution < -0.4 is 17.0 Å². The first-order chi connectivity index (χ1) is 35.4. The zero-order chi connectivity index (χ0) is 54.1. The van der Waals surface area contributed by atoms with Gasteiger partial charge in [-0.2, -0.15) is 0 Å². The van der Waals surface area contributed by atoms with Crippen LogP contribution in [0.2, 0.25) is 0 Å². The minimum atomic E-state index is -1.26. The van der Waals surface area contributed by atoms with Gasteiger partial charge in [-0.3, -0.25) is 28.6 Å². The first-order valence-corrected chi connectivity index (χ1v) is 23.9. The lowest BCUT2D eigenvalue weighted by Crippen LogP contribution is -2.48. The topological polar surface area (TPSA) is 267 Å². The van der Waals surface area contributed by atoms with E-state index < -0.39 is 17.9 Å². The lowest BCUT2D eigenvalue weighted by Gasteiger charge is -2.38. The monoisotopic (exact) mass is 1100 g/mol. The summed E-state index contributed by atoms with van der Waals surface area (Å²) in [5, 5.41) is 25.2. The number of imidazole rings is 1. The molecular formula is C54H67BrN8O12. The van der Waals surface area contributed by atoms with Crippen LogP contribution in [0.15, 0.2) is 137 Å². The van der Waals surface area contributed by atoms with E-state index in [0.717, 1.165) is 41.6 Å². The fraction of sp³-hybridized carbons (Fsp3) is 0.370. The Bertz CT molecular complexity index is 2860. The van der Waals surface area contributed by atoms with Crippen LogP contribution in [0.3, 0.4) is 0 Å². The number of hydrogen-bond acceptors (Lipinski definition) is 15. The van der Waals surface area contributed by atoms with Crippen molar-refractivity contribution >= 4 is 57.7 Å². The van der Waals surface area contributed by atoms with Crippen LogP contribution in [0.1, 0.15) is 65.2 Å². The van der Waals surface area contributed by atoms with Crippen molar-refractivity contribution in [2.75, 3.05) is 46.6 Å². The molecule has 3 aliphatic heterocycles. The highest BCUT2D eigenvalue weighted by Crippen LogP contribution is 2.48. The van der Waals surface area contributed by atoms with Crippen LogP contribution in [0.4, 0.5) is 5.69 Å². The van der Waals surface area contributed by atoms with E-state index in [1.54, 1.807) is 49.9 Å². The van der Waals surface area contributed by atoms with E-state index in [1.165, 1.54) is 23.5 Å². The number of benzene rings is 3. The van der Waals surface area contributed by atoms with Crippen molar-refractivity contribution in [3.63, 3.8) is 0 Å². The number of aromatic nitrogens is 5. The molecule has 2 unspecified atom stereocenters. The van der Waals surface area contributed by atoms with Gasteiger partial charge < -0.3 is 44.7 Å². The van der Waals surface area contributed by atoms with Gasteiger partial charge >= 0.3 is 29.6 Å². The summed E-state index contributed by atoms with van der Waals surface area (Å²) in [6.45, 7) is 3.01. The highest BCUT2D eigenvalue weighted by molar-refractivity contribution is 8.93. The number of carboxylic acids is 2. The number of likely N-dealkylation sites (N-methyl/N-ethyl adjacent to an activating group) is 1. The van der Waals surface area contributed by atoms with Crippen molar-refractivity contribution in [1.29, 1.82) is 0 Å². The number of aliphatic hydroxyl groups is 1. The third kappa shape index (κ3) is 16.9. The summed E-state index contributed by atoms with van der Waals surface area (Å²) >= 11 is 0. The zero-order valence-electron chi connectivity index (χ0n) is 43.0. The second kappa shape index (κ2) is 29.0. The van der Waals surface area contributed by atoms with Crippen LogP contribution in [0, 0.1) is 0 Å². The number of aliphatic carboxylic acids is 2. The number of esters is 2. The van der Waals surface area contributed by atoms with Gasteiger partial charge in [0.05, 0.1) is 25.1 Å². The highest BCUT2D eigenvalue weighted by atomic mass is 79.9. The number of carbonyl (C=O) groups is 4. The van der Waals surface area contributed by atoms with Crippen molar-refractivity contribution in [3.05, 3.63) is 171 Å². The molecule has 402 valence electrons. The molecule has 0 spiro atoms. The number of carbonyl (C=O) groups excluding carboxylic acids is 2. The number of epoxide rings is 1. The fourth-order valence-corrected chi connectivity index (χ4v) is 8.63. The van der Waals surface area contributed by atoms with Gasteiger partial charge in [-0.1, -0.05) is 66.7 Å². The molecule has 3 aromatic carbocycles. The predicted molar refractivity (Wildman–Crippen MR) is 288 cm³/mol. The number of fused-ring (bicyclic) bond motifs is 6. The van der Waals surface area contributed by atoms with Crippen LogP contribution >= 0.6 is 17.0 Å². The molecule has 5 N–H and O–H groups in total. The smallest absolute Gasteiger partial charge is 0.338 e. The van der Waals surface area contributed by atoms with Crippen molar-refractivity contribution in [2.24, 2.45) is 21.1 Å². The van der Waals surface area contributed by atoms with Crippen LogP contribution in [-0.2, 0) is 49.7 Å². The Morgan fingerprint density at radius 2 is 1.36 bits per heavy atom. The number of halogens is 1. The molecule has 0 radical (unpaired) electrons. The first kappa shape index (κ1) is 60.3. The minimum absolute atomic E-state index is 0. The number of aliphatic hydroxyl groups excluding tert-OH is 1. The van der Waals surface area contributed by atoms with Gasteiger partial charge in [0.1, 0.15) is 24.2 Å². The van der Waals surface area contributed by atoms with E-state index in [2.05, 4.69) is 83.4 Å². The number of morpholine rings is 1. The molecule has 2 bridgehead atoms. The number of rotatable bonds is 13. The Morgan fingerprint density at radius 1 is 0.800 bits per heavy atom. The van der Waals surface area contributed by atoms with Crippen LogP contribution in [0.25, 0.3) is 11.2 Å². The number of piperidine rings is 1. The Hall–Kier alpha value is -7.30. The number of carboxylic acid groups (broad SMARTS) is 2. The van der Waals surface area contributed by atoms with Crippen molar-refractivity contribution < 1.29 is 48.7 Å². The summed E-state index contributed by atoms with van der Waals surface area (Å²) in [6, 6.07) is 33.5. The van der Waals surface area contributed by atoms with Crippen LogP contribution in [0.5, 0.6) is 0 Å². The largest absolute Gasteiger partial charge is 0.478 e. The van der Waals surface area contributed by atoms with Gasteiger partial charge in [0, 0.05) is 81.7 Å². The quantitative estimate of drug-likeness (QED) is 0.0524. The SMILES string of the molecule is Br.CCOC(=O)c1ccc(N)cc1.CN(C)CCC(c1ccccc1)c1ccccn1.CN1[C@@H]2CC(OC(=O)[C@H](CO)c3ccccc3)C[C@H]1[C@@H]1O[C@@H]12.Cn1c(=O)c2c(ncn2C)n(C)c1=O.O=C(O)/C=C/C(=O)O. The second-order valence-corrected chi connectivity index (χ2v) is 17.9. The standard InChI is InChI=1S/C17H21NO4.C16H20N2.C9H11NO2.C8H10N4O2.C4H4O4.BrH/c1-18-13-7-11(8-14(18)16-15(13)22-16)21-17(20)12(9-19)10-5-3-2-4-6-10;1-18(2)13-11-15(14-8-4-3-5-9-14)16-10-6-7-12-17-16;1-2-12-9(11)7-3-5-8(10)6-4-7;1-10-4-9-6-5(10)7(13)12(3)8(14)11(6)2;5-3(6)1-2-4(7)8;/h2-6,11-16,19H,7-9H2,1H3;3-10,12,15H,11,13H2,1-2H3;3-6H,2,10H2,1H3;4H,1-3H3;1-2H,(H,5,6)(H,7,8);1H/b;;;;2-1+;/t11?,12-,13-,14+,15-,16+;;;;;/m1...../s1. The lowest BCUT2D eigenvalue weighted by molar-refractivity contribution is -0.156. The minimum Gasteiger partial charge on any atom is -0.478 e. The molecule has 0 aliphatic carbocycles. The Labute approximate surface area is 445 Å². The number of pyridine rings is 1. The lowest BCUT2D eigenvalue weighted by atomic mass is 9.92. The Kier molecular flexibility index (Phi) is 23.3. The third-order valence-corrected chi connectivity index (χ3v) is 12.5. The number of nitrogen functional groups attached to an aromatic ring is 1. The summed E-state index contributed by atoms with van der Waals surface area (Å²) in [7, 11) is 11.1. The molecule has 3 aliphatic rings. The molecule has 21 heteroatoms. The molecule has 7 atom stereocenters. The van der Waals surface area contributed by atoms with E-state index in [9.17, 15) is 33.9 Å². The van der Waals surface area contributed by atoms with Gasteiger partial charge in [0.15, 0.2) is 11.2 Å². The molecule has 0 amide bonds. The normalized spacial score (nSPS) is 18.6. The first-order valence-electron chi connectivity index (χ1n) is 23.9. The molecule has 0 saturated carbocycles. The van der Waals surface area contributed by atoms with Crippen molar-refractivity contribution in [3.8, 4) is 0 Å². The molecule has 6 heterocycles. The van der Waals surface area contributed by atoms with Gasteiger partial charge in [0.2, 0.25) is 0 Å². The van der Waals surface area contributed by atoms with Gasteiger partial charge in [-0.25, -0.2) is 24.2 Å². The van der Waals surface area contributed by atoms with Gasteiger partial charge in [-0.15, -0.1) is 17.0 Å². The fourth-order valence-electron chi connectivity index (χ4n) is 8.63. The average Bonchev–Trinajstić information content (AvgIpc) is 4.06. The summed E-state index contributed by atoms with van der Waals surface area (Å²) in [4.78, 5) is 78.9. The molecular weight excluding hydrogens is 1030 g/mol. The molecule has 6 aromatic rings. The molecule has 3 saturated heterocycles. The molecule has 3 fully saturated rings. The van der Waals surface area contributed by atoms with Gasteiger partial charge in [-0.05, 0) is 88.6 Å². The summed E-state index contributed by atoms with van der Waals surface area (Å²) < 4.78 is 20.2. The number of hydrogen-bond donors (Lipinski definition) is 4. The summed E-state index contributed by atoms with van der Waals surface area (Å²) in [5.41, 5.74) is 10.1. The maximum absolute atomic E-state index is 12.4. The van der Waals surface area contributed by atoms with Crippen LogP contribution in [-0.4, -0.2) is 144 Å². The molecule has 9 rings (SSSR count). The summed E-state index contributed by atoms with van der Waals surface area (Å²) in [5.74, 6) is -3.35. The molecule has 20 nitrogen and oxygen atoms in total. The molecule has 75 heavy (non-hydrogen) atoms. The Balaban J connectivity index is 0.000000210. The summed E-state index contributed by atoms with van der Waals surface area (Å²) in [6.07, 6.45) is 7.86. The van der Waals surface area contributed by atoms with Crippen molar-refractivity contribution in [2.45, 2.75) is 68.4 Å². The van der Waals surface area contributed by atoms with E-state index in [1.807, 2.05) is 42.6 Å². The highest BCUT2D eigenvalue weighted by Gasteiger charge is 2.63. The predicted octanol–water partition coefficient (Wildman–Crippen LogP) is 4.79. The van der Waals surface area contributed by atoms with E-state index >= 15 is 0 Å². The second-order valence-electron chi connectivity index (χ2n) is 17.9. The van der Waals surface area contributed by atoms with Gasteiger partial charge in [0.25, 0.3) is 5.56 Å². The number of anilines is 1.